The molecule has 0 aliphatic carbocycles. The van der Waals surface area contributed by atoms with Crippen molar-refractivity contribution in [2.45, 2.75) is 110 Å². The number of hydrogen-bond acceptors (Lipinski definition) is 8. The van der Waals surface area contributed by atoms with Crippen LogP contribution in [0.2, 0.25) is 0 Å². The van der Waals surface area contributed by atoms with E-state index in [-0.39, 0.29) is 49.3 Å². The maximum atomic E-state index is 14.0. The Morgan fingerprint density at radius 1 is 0.706 bits per heavy atom. The third-order valence-electron chi connectivity index (χ3n) is 9.19. The molecular weight excluding hydrogens is 658 g/mol. The van der Waals surface area contributed by atoms with Crippen molar-refractivity contribution in [3.63, 3.8) is 0 Å². The fraction of sp³-hybridized carbons (Fsp3) is 0.639. The molecule has 2 saturated heterocycles. The summed E-state index contributed by atoms with van der Waals surface area (Å²) in [5.41, 5.74) is 0.632. The third-order valence-corrected chi connectivity index (χ3v) is 9.19. The highest BCUT2D eigenvalue weighted by molar-refractivity contribution is 5.97. The highest BCUT2D eigenvalue weighted by Crippen LogP contribution is 2.21. The molecule has 0 aromatic heterocycles. The summed E-state index contributed by atoms with van der Waals surface area (Å²) in [6.07, 6.45) is 1.92. The molecule has 1 aromatic carbocycles. The molecule has 282 valence electrons. The molecular formula is C36H55N7O8. The molecule has 15 heteroatoms. The van der Waals surface area contributed by atoms with Crippen LogP contribution in [-0.4, -0.2) is 101 Å². The van der Waals surface area contributed by atoms with E-state index < -0.39 is 84.6 Å². The average Bonchev–Trinajstić information content (AvgIpc) is 3.57. The maximum absolute atomic E-state index is 14.0. The molecule has 7 amide bonds. The first-order valence-electron chi connectivity index (χ1n) is 17.9. The molecule has 0 saturated carbocycles. The van der Waals surface area contributed by atoms with Gasteiger partial charge in [-0.2, -0.15) is 0 Å². The fourth-order valence-electron chi connectivity index (χ4n) is 6.24. The summed E-state index contributed by atoms with van der Waals surface area (Å²) in [6.45, 7) is 10.5. The lowest BCUT2D eigenvalue weighted by Crippen LogP contribution is -2.60. The normalized spacial score (nSPS) is 25.5. The Morgan fingerprint density at radius 3 is 1.90 bits per heavy atom. The van der Waals surface area contributed by atoms with Gasteiger partial charge in [-0.3, -0.25) is 33.6 Å². The summed E-state index contributed by atoms with van der Waals surface area (Å²) in [4.78, 5) is 95.8. The van der Waals surface area contributed by atoms with Crippen molar-refractivity contribution in [3.05, 3.63) is 29.8 Å². The van der Waals surface area contributed by atoms with Gasteiger partial charge in [0.05, 0.1) is 13.1 Å². The number of carbonyl (C=O) groups is 7. The number of nitrogens with one attached hydrogen (secondary N) is 6. The number of aromatic hydroxyl groups is 1. The van der Waals surface area contributed by atoms with Crippen LogP contribution in [0.4, 0.5) is 0 Å². The number of carbonyl (C=O) groups excluding carboxylic acids is 7. The summed E-state index contributed by atoms with van der Waals surface area (Å²) in [5.74, 6) is -4.49. The highest BCUT2D eigenvalue weighted by Gasteiger charge is 2.40. The lowest BCUT2D eigenvalue weighted by Gasteiger charge is -2.31. The van der Waals surface area contributed by atoms with Crippen LogP contribution in [0, 0.1) is 17.8 Å². The fourth-order valence-corrected chi connectivity index (χ4v) is 6.24. The molecule has 2 heterocycles. The van der Waals surface area contributed by atoms with Crippen LogP contribution in [-0.2, 0) is 40.0 Å². The number of hydrogen-bond donors (Lipinski definition) is 7. The van der Waals surface area contributed by atoms with Crippen molar-refractivity contribution in [1.82, 2.24) is 36.8 Å². The average molecular weight is 714 g/mol. The second-order valence-corrected chi connectivity index (χ2v) is 14.4. The first-order valence-corrected chi connectivity index (χ1v) is 17.9. The lowest BCUT2D eigenvalue weighted by molar-refractivity contribution is -0.142. The van der Waals surface area contributed by atoms with E-state index in [1.807, 2.05) is 34.6 Å². The standard InChI is InChI=1S/C36H55N7O8/c1-7-22(6)31-35(50)41-25(15-20(2)3)32(47)38-18-29(45)37-19-30(46)39-27(17-23-10-12-24(44)13-11-23)36(51)43-14-8-9-28(43)34(49)40-26(16-21(4)5)33(48)42-31/h10-13,20-22,25-28,31,44H,7-9,14-19H2,1-6H3,(H,37,45)(H,38,47)(H,39,46)(H,40,49)(H,41,50)(H,42,48)/t22?,25-,26-,27-,28-,31-/m0/s1. The predicted molar refractivity (Wildman–Crippen MR) is 189 cm³/mol. The molecule has 3 rings (SSSR count). The monoisotopic (exact) mass is 713 g/mol. The Balaban J connectivity index is 1.99. The smallest absolute Gasteiger partial charge is 0.246 e. The molecule has 0 spiro atoms. The summed E-state index contributed by atoms with van der Waals surface area (Å²) >= 11 is 0. The van der Waals surface area contributed by atoms with Gasteiger partial charge < -0.3 is 41.9 Å². The molecule has 15 nitrogen and oxygen atoms in total. The van der Waals surface area contributed by atoms with E-state index in [0.29, 0.717) is 24.8 Å². The van der Waals surface area contributed by atoms with Crippen LogP contribution < -0.4 is 31.9 Å². The van der Waals surface area contributed by atoms with Gasteiger partial charge in [0.2, 0.25) is 41.4 Å². The minimum atomic E-state index is -1.12. The maximum Gasteiger partial charge on any atom is 0.246 e. The van der Waals surface area contributed by atoms with E-state index in [0.717, 1.165) is 0 Å². The second-order valence-electron chi connectivity index (χ2n) is 14.4. The molecule has 2 aliphatic heterocycles. The minimum Gasteiger partial charge on any atom is -0.508 e. The van der Waals surface area contributed by atoms with Crippen molar-refractivity contribution in [2.24, 2.45) is 17.8 Å². The van der Waals surface area contributed by atoms with Crippen LogP contribution in [0.3, 0.4) is 0 Å². The van der Waals surface area contributed by atoms with Crippen LogP contribution >= 0.6 is 0 Å². The first-order chi connectivity index (χ1) is 24.1. The van der Waals surface area contributed by atoms with E-state index in [4.69, 9.17) is 0 Å². The van der Waals surface area contributed by atoms with Crippen molar-refractivity contribution < 1.29 is 38.7 Å². The van der Waals surface area contributed by atoms with Crippen LogP contribution in [0.5, 0.6) is 5.75 Å². The zero-order valence-electron chi connectivity index (χ0n) is 30.5. The predicted octanol–water partition coefficient (Wildman–Crippen LogP) is 0.249. The van der Waals surface area contributed by atoms with Crippen molar-refractivity contribution >= 4 is 41.4 Å². The van der Waals surface area contributed by atoms with Crippen LogP contribution in [0.1, 0.15) is 79.2 Å². The van der Waals surface area contributed by atoms with Crippen molar-refractivity contribution in [1.29, 1.82) is 0 Å². The number of benzene rings is 1. The number of nitrogens with zero attached hydrogens (tertiary/aromatic N) is 1. The van der Waals surface area contributed by atoms with Gasteiger partial charge >= 0.3 is 0 Å². The van der Waals surface area contributed by atoms with Gasteiger partial charge in [0.15, 0.2) is 0 Å². The Hall–Kier alpha value is -4.69. The highest BCUT2D eigenvalue weighted by atomic mass is 16.3. The second kappa shape index (κ2) is 19.1. The molecule has 0 radical (unpaired) electrons. The Bertz CT molecular complexity index is 1420. The molecule has 7 N–H and O–H groups in total. The van der Waals surface area contributed by atoms with Crippen molar-refractivity contribution in [3.8, 4) is 5.75 Å². The van der Waals surface area contributed by atoms with Crippen molar-refractivity contribution in [2.75, 3.05) is 19.6 Å². The Labute approximate surface area is 299 Å². The molecule has 1 aromatic rings. The van der Waals surface area contributed by atoms with E-state index in [2.05, 4.69) is 31.9 Å². The summed E-state index contributed by atoms with van der Waals surface area (Å²) in [6, 6.07) is 1.02. The van der Waals surface area contributed by atoms with E-state index >= 15 is 0 Å². The van der Waals surface area contributed by atoms with Crippen LogP contribution in [0.25, 0.3) is 0 Å². The number of phenols is 1. The van der Waals surface area contributed by atoms with Gasteiger partial charge in [-0.05, 0) is 61.1 Å². The molecule has 0 bridgehead atoms. The summed E-state index contributed by atoms with van der Waals surface area (Å²) in [5, 5.41) is 25.8. The SMILES string of the molecule is CCC(C)[C@@H]1NC(=O)[C@H](CC(C)C)NC(=O)[C@@H]2CCCN2C(=O)[C@H](Cc2ccc(O)cc2)NC(=O)CNC(=O)CNC(=O)[C@H](CC(C)C)NC1=O. The van der Waals surface area contributed by atoms with E-state index in [1.54, 1.807) is 19.1 Å². The lowest BCUT2D eigenvalue weighted by atomic mass is 9.95. The molecule has 6 atom stereocenters. The number of phenolic OH excluding ortho intramolecular Hbond substituents is 1. The van der Waals surface area contributed by atoms with E-state index in [9.17, 15) is 38.7 Å². The van der Waals surface area contributed by atoms with Gasteiger partial charge in [0.25, 0.3) is 0 Å². The summed E-state index contributed by atoms with van der Waals surface area (Å²) in [7, 11) is 0. The van der Waals surface area contributed by atoms with Gasteiger partial charge in [0.1, 0.15) is 36.0 Å². The number of amides is 7. The first kappa shape index (κ1) is 40.7. The van der Waals surface area contributed by atoms with E-state index in [1.165, 1.54) is 17.0 Å². The Kier molecular flexibility index (Phi) is 15.2. The topological polar surface area (TPSA) is 215 Å². The molecule has 51 heavy (non-hydrogen) atoms. The van der Waals surface area contributed by atoms with Gasteiger partial charge in [-0.1, -0.05) is 60.1 Å². The molecule has 1 unspecified atom stereocenters. The zero-order chi connectivity index (χ0) is 37.8. The van der Waals surface area contributed by atoms with Gasteiger partial charge in [-0.25, -0.2) is 0 Å². The third kappa shape index (κ3) is 12.2. The van der Waals surface area contributed by atoms with Crippen LogP contribution in [0.15, 0.2) is 24.3 Å². The largest absolute Gasteiger partial charge is 0.508 e. The minimum absolute atomic E-state index is 0.0114. The van der Waals surface area contributed by atoms with Gasteiger partial charge in [-0.15, -0.1) is 0 Å². The quantitative estimate of drug-likeness (QED) is 0.198. The molecule has 2 fully saturated rings. The number of fused-ring (bicyclic) bond motifs is 1. The zero-order valence-corrected chi connectivity index (χ0v) is 30.5. The number of rotatable bonds is 8. The Morgan fingerprint density at radius 2 is 1.29 bits per heavy atom. The molecule has 2 aliphatic rings. The summed E-state index contributed by atoms with van der Waals surface area (Å²) < 4.78 is 0. The van der Waals surface area contributed by atoms with Gasteiger partial charge in [0, 0.05) is 13.0 Å².